The fourth-order valence-electron chi connectivity index (χ4n) is 5.79. The molecule has 0 radical (unpaired) electrons. The molecule has 36 heavy (non-hydrogen) atoms. The zero-order valence-corrected chi connectivity index (χ0v) is 20.7. The molecule has 2 aromatic heterocycles. The van der Waals surface area contributed by atoms with E-state index in [-0.39, 0.29) is 24.4 Å². The summed E-state index contributed by atoms with van der Waals surface area (Å²) in [5.41, 5.74) is 5.51. The number of H-pyrrole nitrogens is 1. The summed E-state index contributed by atoms with van der Waals surface area (Å²) < 4.78 is 2.00. The molecular formula is C29H31N5O2. The summed E-state index contributed by atoms with van der Waals surface area (Å²) in [7, 11) is 0. The zero-order valence-electron chi connectivity index (χ0n) is 20.7. The Morgan fingerprint density at radius 1 is 1.06 bits per heavy atom. The molecule has 2 aromatic carbocycles. The van der Waals surface area contributed by atoms with Crippen LogP contribution in [0.2, 0.25) is 0 Å². The van der Waals surface area contributed by atoms with Gasteiger partial charge in [-0.15, -0.1) is 0 Å². The number of nitrogens with one attached hydrogen (secondary N) is 1. The molecule has 1 saturated heterocycles. The summed E-state index contributed by atoms with van der Waals surface area (Å²) in [5, 5.41) is 1.13. The van der Waals surface area contributed by atoms with Gasteiger partial charge < -0.3 is 19.4 Å². The first-order valence-corrected chi connectivity index (χ1v) is 12.8. The molecule has 0 aliphatic carbocycles. The number of hydrogen-bond acceptors (Lipinski definition) is 3. The van der Waals surface area contributed by atoms with Gasteiger partial charge in [-0.05, 0) is 35.1 Å². The Morgan fingerprint density at radius 2 is 1.86 bits per heavy atom. The second-order valence-electron chi connectivity index (χ2n) is 10.2. The largest absolute Gasteiger partial charge is 0.356 e. The minimum atomic E-state index is -0.499. The third-order valence-electron chi connectivity index (χ3n) is 7.66. The van der Waals surface area contributed by atoms with Crippen molar-refractivity contribution in [2.24, 2.45) is 0 Å². The van der Waals surface area contributed by atoms with Crippen molar-refractivity contribution in [3.63, 3.8) is 0 Å². The molecule has 1 N–H and O–H groups in total. The van der Waals surface area contributed by atoms with E-state index in [1.54, 1.807) is 17.4 Å². The highest BCUT2D eigenvalue weighted by Gasteiger charge is 2.48. The standard InChI is InChI=1S/C29H31N5O2/c1-19(2)20-8-10-21(11-9-20)28-27-23(22-6-3-4-7-24(22)31-27)16-25-29(36)33(17-26(35)34(25)28)14-5-13-32-15-12-30-18-32/h3-4,6-12,15,18-19,25,28,31H,5,13-14,16-17H2,1-2H3/t25-,28?/m1/s1. The molecule has 1 fully saturated rings. The Morgan fingerprint density at radius 3 is 2.61 bits per heavy atom. The fourth-order valence-corrected chi connectivity index (χ4v) is 5.79. The smallest absolute Gasteiger partial charge is 0.246 e. The number of nitrogens with zero attached hydrogens (tertiary/aromatic N) is 4. The Balaban J connectivity index is 1.36. The van der Waals surface area contributed by atoms with Gasteiger partial charge in [-0.25, -0.2) is 4.98 Å². The SMILES string of the molecule is CC(C)c1ccc(C2c3[nH]c4ccccc4c3C[C@@H]3C(=O)N(CCCn4ccnc4)CC(=O)N23)cc1. The second-order valence-corrected chi connectivity index (χ2v) is 10.2. The summed E-state index contributed by atoms with van der Waals surface area (Å²) in [6.07, 6.45) is 6.75. The Labute approximate surface area is 210 Å². The monoisotopic (exact) mass is 481 g/mol. The predicted octanol–water partition coefficient (Wildman–Crippen LogP) is 4.26. The number of aromatic nitrogens is 3. The van der Waals surface area contributed by atoms with Gasteiger partial charge in [0.15, 0.2) is 0 Å². The van der Waals surface area contributed by atoms with Crippen LogP contribution in [0.5, 0.6) is 0 Å². The van der Waals surface area contributed by atoms with Crippen molar-refractivity contribution in [2.75, 3.05) is 13.1 Å². The first-order valence-electron chi connectivity index (χ1n) is 12.8. The van der Waals surface area contributed by atoms with Crippen LogP contribution in [0.25, 0.3) is 10.9 Å². The molecule has 2 amide bonds. The van der Waals surface area contributed by atoms with Crippen LogP contribution in [0, 0.1) is 0 Å². The van der Waals surface area contributed by atoms with Crippen molar-refractivity contribution in [3.05, 3.63) is 89.6 Å². The minimum Gasteiger partial charge on any atom is -0.356 e. The van der Waals surface area contributed by atoms with E-state index in [2.05, 4.69) is 60.2 Å². The lowest BCUT2D eigenvalue weighted by molar-refractivity contribution is -0.158. The number of fused-ring (bicyclic) bond motifs is 4. The highest BCUT2D eigenvalue weighted by Crippen LogP contribution is 2.42. The topological polar surface area (TPSA) is 74.2 Å². The van der Waals surface area contributed by atoms with E-state index in [9.17, 15) is 9.59 Å². The number of aryl methyl sites for hydroxylation is 1. The number of para-hydroxylation sites is 1. The molecule has 0 spiro atoms. The number of carbonyl (C=O) groups excluding carboxylic acids is 2. The van der Waals surface area contributed by atoms with Gasteiger partial charge in [0.05, 0.1) is 18.9 Å². The van der Waals surface area contributed by atoms with E-state index in [0.29, 0.717) is 18.9 Å². The van der Waals surface area contributed by atoms with E-state index in [1.807, 2.05) is 27.8 Å². The van der Waals surface area contributed by atoms with E-state index in [0.717, 1.165) is 40.7 Å². The van der Waals surface area contributed by atoms with Gasteiger partial charge in [0.25, 0.3) is 0 Å². The highest BCUT2D eigenvalue weighted by molar-refractivity contribution is 5.97. The van der Waals surface area contributed by atoms with Crippen molar-refractivity contribution in [3.8, 4) is 0 Å². The average molecular weight is 482 g/mol. The second kappa shape index (κ2) is 8.97. The number of hydrogen-bond donors (Lipinski definition) is 1. The lowest BCUT2D eigenvalue weighted by Gasteiger charge is -2.47. The molecule has 0 saturated carbocycles. The van der Waals surface area contributed by atoms with Crippen molar-refractivity contribution in [2.45, 2.75) is 51.2 Å². The number of rotatable bonds is 6. The normalized spacial score (nSPS) is 19.8. The number of benzene rings is 2. The van der Waals surface area contributed by atoms with Gasteiger partial charge in [0.1, 0.15) is 6.04 Å². The number of carbonyl (C=O) groups is 2. The van der Waals surface area contributed by atoms with Gasteiger partial charge in [0.2, 0.25) is 11.8 Å². The van der Waals surface area contributed by atoms with Gasteiger partial charge >= 0.3 is 0 Å². The molecule has 7 nitrogen and oxygen atoms in total. The predicted molar refractivity (Wildman–Crippen MR) is 138 cm³/mol. The molecular weight excluding hydrogens is 450 g/mol. The molecule has 4 heterocycles. The van der Waals surface area contributed by atoms with Crippen molar-refractivity contribution >= 4 is 22.7 Å². The van der Waals surface area contributed by atoms with Gasteiger partial charge in [-0.2, -0.15) is 0 Å². The van der Waals surface area contributed by atoms with Crippen LogP contribution in [0.4, 0.5) is 0 Å². The Hall–Kier alpha value is -3.87. The summed E-state index contributed by atoms with van der Waals surface area (Å²) in [5.74, 6) is 0.473. The quantitative estimate of drug-likeness (QED) is 0.447. The molecule has 4 aromatic rings. The first-order chi connectivity index (χ1) is 17.5. The summed E-state index contributed by atoms with van der Waals surface area (Å²) in [6.45, 7) is 5.80. The fraction of sp³-hybridized carbons (Fsp3) is 0.345. The minimum absolute atomic E-state index is 0.00414. The van der Waals surface area contributed by atoms with Crippen LogP contribution in [0.1, 0.15) is 54.6 Å². The van der Waals surface area contributed by atoms with E-state index in [4.69, 9.17) is 0 Å². The molecule has 2 atom stereocenters. The summed E-state index contributed by atoms with van der Waals surface area (Å²) >= 11 is 0. The van der Waals surface area contributed by atoms with Crippen LogP contribution in [0.3, 0.4) is 0 Å². The van der Waals surface area contributed by atoms with E-state index in [1.165, 1.54) is 5.56 Å². The first kappa shape index (κ1) is 22.6. The lowest BCUT2D eigenvalue weighted by atomic mass is 9.85. The van der Waals surface area contributed by atoms with Crippen LogP contribution >= 0.6 is 0 Å². The molecule has 2 aliphatic rings. The van der Waals surface area contributed by atoms with E-state index < -0.39 is 6.04 Å². The maximum Gasteiger partial charge on any atom is 0.246 e. The molecule has 184 valence electrons. The lowest BCUT2D eigenvalue weighted by Crippen LogP contribution is -2.63. The van der Waals surface area contributed by atoms with Crippen molar-refractivity contribution in [1.82, 2.24) is 24.3 Å². The zero-order chi connectivity index (χ0) is 24.8. The third-order valence-corrected chi connectivity index (χ3v) is 7.66. The average Bonchev–Trinajstić information content (AvgIpc) is 3.53. The van der Waals surface area contributed by atoms with E-state index >= 15 is 0 Å². The molecule has 7 heteroatoms. The van der Waals surface area contributed by atoms with Crippen molar-refractivity contribution < 1.29 is 9.59 Å². The molecule has 1 unspecified atom stereocenters. The van der Waals surface area contributed by atoms with Crippen molar-refractivity contribution in [1.29, 1.82) is 0 Å². The Kier molecular flexibility index (Phi) is 5.63. The number of piperazine rings is 1. The molecule has 2 aliphatic heterocycles. The number of aromatic amines is 1. The Bertz CT molecular complexity index is 1400. The van der Waals surface area contributed by atoms with Crippen LogP contribution < -0.4 is 0 Å². The maximum atomic E-state index is 13.8. The summed E-state index contributed by atoms with van der Waals surface area (Å²) in [6, 6.07) is 15.9. The molecule has 6 rings (SSSR count). The third kappa shape index (κ3) is 3.79. The van der Waals surface area contributed by atoms with Gasteiger partial charge in [-0.1, -0.05) is 56.3 Å². The number of imidazole rings is 1. The summed E-state index contributed by atoms with van der Waals surface area (Å²) in [4.78, 5) is 38.7. The van der Waals surface area contributed by atoms with Gasteiger partial charge in [-0.3, -0.25) is 9.59 Å². The highest BCUT2D eigenvalue weighted by atomic mass is 16.2. The van der Waals surface area contributed by atoms with Crippen LogP contribution in [-0.2, 0) is 22.6 Å². The van der Waals surface area contributed by atoms with Crippen LogP contribution in [-0.4, -0.2) is 55.3 Å². The maximum absolute atomic E-state index is 13.8. The molecule has 0 bridgehead atoms. The van der Waals surface area contributed by atoms with Gasteiger partial charge in [0, 0.05) is 48.5 Å². The number of amides is 2. The van der Waals surface area contributed by atoms with Crippen LogP contribution in [0.15, 0.2) is 67.3 Å².